The van der Waals surface area contributed by atoms with Gasteiger partial charge in [-0.1, -0.05) is 0 Å². The number of aldehydes is 1. The van der Waals surface area contributed by atoms with Crippen LogP contribution >= 0.6 is 0 Å². The van der Waals surface area contributed by atoms with E-state index in [0.717, 1.165) is 0 Å². The molecular weight excluding hydrogens is 154 g/mol. The predicted molar refractivity (Wildman–Crippen MR) is 41.8 cm³/mol. The van der Waals surface area contributed by atoms with Gasteiger partial charge in [0.15, 0.2) is 5.69 Å². The van der Waals surface area contributed by atoms with E-state index in [2.05, 4.69) is 9.97 Å². The average molecular weight is 159 g/mol. The third-order valence-electron chi connectivity index (χ3n) is 1.11. The highest BCUT2D eigenvalue weighted by Gasteiger charge is 1.92. The highest BCUT2D eigenvalue weighted by atomic mass is 16.1. The van der Waals surface area contributed by atoms with E-state index in [1.165, 1.54) is 24.5 Å². The number of nitrogens with zero attached hydrogens (tertiary/aromatic N) is 3. The van der Waals surface area contributed by atoms with E-state index in [1.54, 1.807) is 0 Å². The molecular formula is C8H5N3O. The standard InChI is InChI=1S/C8H5N3O/c9-4-8-6-10-5-7(11-8)2-1-3-12/h1-3,5-6H/b2-1+. The van der Waals surface area contributed by atoms with Crippen molar-refractivity contribution in [2.45, 2.75) is 0 Å². The zero-order valence-electron chi connectivity index (χ0n) is 6.14. The lowest BCUT2D eigenvalue weighted by molar-refractivity contribution is -0.104. The van der Waals surface area contributed by atoms with Crippen molar-refractivity contribution in [1.29, 1.82) is 5.26 Å². The van der Waals surface area contributed by atoms with Crippen LogP contribution < -0.4 is 0 Å². The number of hydrogen-bond donors (Lipinski definition) is 0. The summed E-state index contributed by atoms with van der Waals surface area (Å²) >= 11 is 0. The van der Waals surface area contributed by atoms with Crippen LogP contribution in [-0.2, 0) is 4.79 Å². The molecule has 0 spiro atoms. The zero-order valence-corrected chi connectivity index (χ0v) is 6.14. The molecule has 0 fully saturated rings. The van der Waals surface area contributed by atoms with Gasteiger partial charge in [-0.25, -0.2) is 4.98 Å². The van der Waals surface area contributed by atoms with Crippen molar-refractivity contribution >= 4 is 12.4 Å². The molecule has 1 rings (SSSR count). The van der Waals surface area contributed by atoms with Gasteiger partial charge in [0.1, 0.15) is 12.4 Å². The lowest BCUT2D eigenvalue weighted by Crippen LogP contribution is -1.87. The first kappa shape index (κ1) is 8.08. The fraction of sp³-hybridized carbons (Fsp3) is 0. The van der Waals surface area contributed by atoms with Crippen LogP contribution in [0.1, 0.15) is 11.4 Å². The van der Waals surface area contributed by atoms with Gasteiger partial charge in [-0.15, -0.1) is 0 Å². The number of hydrogen-bond acceptors (Lipinski definition) is 4. The Morgan fingerprint density at radius 2 is 2.33 bits per heavy atom. The van der Waals surface area contributed by atoms with Gasteiger partial charge in [0.2, 0.25) is 0 Å². The molecule has 1 heterocycles. The van der Waals surface area contributed by atoms with Crippen molar-refractivity contribution < 1.29 is 4.79 Å². The molecule has 1 aromatic rings. The second kappa shape index (κ2) is 3.98. The van der Waals surface area contributed by atoms with E-state index in [-0.39, 0.29) is 5.69 Å². The van der Waals surface area contributed by atoms with Crippen LogP contribution in [-0.4, -0.2) is 16.3 Å². The van der Waals surface area contributed by atoms with Crippen molar-refractivity contribution in [3.63, 3.8) is 0 Å². The molecule has 0 aliphatic carbocycles. The number of nitriles is 1. The van der Waals surface area contributed by atoms with Crippen LogP contribution in [0.4, 0.5) is 0 Å². The Labute approximate surface area is 69.2 Å². The Kier molecular flexibility index (Phi) is 2.68. The van der Waals surface area contributed by atoms with Gasteiger partial charge in [0, 0.05) is 0 Å². The van der Waals surface area contributed by atoms with Gasteiger partial charge in [-0.3, -0.25) is 9.78 Å². The molecule has 0 amide bonds. The van der Waals surface area contributed by atoms with Crippen molar-refractivity contribution in [2.75, 3.05) is 0 Å². The van der Waals surface area contributed by atoms with Crippen LogP contribution in [0.3, 0.4) is 0 Å². The molecule has 0 radical (unpaired) electrons. The van der Waals surface area contributed by atoms with Crippen LogP contribution in [0.25, 0.3) is 6.08 Å². The second-order valence-electron chi connectivity index (χ2n) is 1.94. The maximum absolute atomic E-state index is 9.93. The van der Waals surface area contributed by atoms with Crippen molar-refractivity contribution in [2.24, 2.45) is 0 Å². The number of rotatable bonds is 2. The number of allylic oxidation sites excluding steroid dienone is 1. The van der Waals surface area contributed by atoms with E-state index in [9.17, 15) is 4.79 Å². The van der Waals surface area contributed by atoms with Crippen LogP contribution in [0.5, 0.6) is 0 Å². The Morgan fingerprint density at radius 3 is 3.00 bits per heavy atom. The van der Waals surface area contributed by atoms with Gasteiger partial charge < -0.3 is 0 Å². The molecule has 0 bridgehead atoms. The molecule has 58 valence electrons. The van der Waals surface area contributed by atoms with Gasteiger partial charge in [-0.2, -0.15) is 5.26 Å². The van der Waals surface area contributed by atoms with E-state index in [4.69, 9.17) is 5.26 Å². The maximum Gasteiger partial charge on any atom is 0.159 e. The Hall–Kier alpha value is -2.02. The molecule has 4 heteroatoms. The quantitative estimate of drug-likeness (QED) is 0.467. The maximum atomic E-state index is 9.93. The molecule has 12 heavy (non-hydrogen) atoms. The number of carbonyl (C=O) groups is 1. The topological polar surface area (TPSA) is 66.6 Å². The Balaban J connectivity index is 2.95. The van der Waals surface area contributed by atoms with Crippen molar-refractivity contribution in [1.82, 2.24) is 9.97 Å². The summed E-state index contributed by atoms with van der Waals surface area (Å²) in [5.41, 5.74) is 0.740. The van der Waals surface area contributed by atoms with E-state index >= 15 is 0 Å². The van der Waals surface area contributed by atoms with Gasteiger partial charge in [-0.05, 0) is 12.2 Å². The van der Waals surface area contributed by atoms with Gasteiger partial charge in [0.05, 0.1) is 18.1 Å². The Bertz CT molecular complexity index is 352. The second-order valence-corrected chi connectivity index (χ2v) is 1.94. The molecule has 1 aromatic heterocycles. The fourth-order valence-corrected chi connectivity index (χ4v) is 0.653. The molecule has 0 atom stereocenters. The van der Waals surface area contributed by atoms with Crippen molar-refractivity contribution in [3.05, 3.63) is 29.9 Å². The zero-order chi connectivity index (χ0) is 8.81. The lowest BCUT2D eigenvalue weighted by Gasteiger charge is -1.89. The third-order valence-corrected chi connectivity index (χ3v) is 1.11. The highest BCUT2D eigenvalue weighted by Crippen LogP contribution is 1.96. The third kappa shape index (κ3) is 1.99. The van der Waals surface area contributed by atoms with E-state index < -0.39 is 0 Å². The molecule has 0 aromatic carbocycles. The summed E-state index contributed by atoms with van der Waals surface area (Å²) in [6.45, 7) is 0. The largest absolute Gasteiger partial charge is 0.299 e. The van der Waals surface area contributed by atoms with Crippen LogP contribution in [0, 0.1) is 11.3 Å². The molecule has 0 saturated carbocycles. The summed E-state index contributed by atoms with van der Waals surface area (Å²) < 4.78 is 0. The minimum absolute atomic E-state index is 0.239. The van der Waals surface area contributed by atoms with E-state index in [1.807, 2.05) is 6.07 Å². The first-order valence-electron chi connectivity index (χ1n) is 3.21. The normalized spacial score (nSPS) is 9.58. The van der Waals surface area contributed by atoms with Gasteiger partial charge >= 0.3 is 0 Å². The SMILES string of the molecule is N#Cc1cncc(/C=C/C=O)n1. The lowest BCUT2D eigenvalue weighted by atomic mass is 10.4. The molecule has 0 saturated heterocycles. The molecule has 0 aliphatic heterocycles. The first-order chi connectivity index (χ1) is 5.86. The summed E-state index contributed by atoms with van der Waals surface area (Å²) in [6.07, 6.45) is 6.26. The van der Waals surface area contributed by atoms with Crippen LogP contribution in [0.15, 0.2) is 18.5 Å². The monoisotopic (exact) mass is 159 g/mol. The van der Waals surface area contributed by atoms with Crippen LogP contribution in [0.2, 0.25) is 0 Å². The first-order valence-corrected chi connectivity index (χ1v) is 3.21. The minimum atomic E-state index is 0.239. The average Bonchev–Trinajstić information content (AvgIpc) is 2.15. The highest BCUT2D eigenvalue weighted by molar-refractivity contribution is 5.72. The fourth-order valence-electron chi connectivity index (χ4n) is 0.653. The molecule has 0 N–H and O–H groups in total. The van der Waals surface area contributed by atoms with Gasteiger partial charge in [0.25, 0.3) is 0 Å². The summed E-state index contributed by atoms with van der Waals surface area (Å²) in [6, 6.07) is 1.85. The smallest absolute Gasteiger partial charge is 0.159 e. The summed E-state index contributed by atoms with van der Waals surface area (Å²) in [7, 11) is 0. The number of aromatic nitrogens is 2. The summed E-state index contributed by atoms with van der Waals surface area (Å²) in [5, 5.41) is 8.44. The molecule has 0 unspecified atom stereocenters. The van der Waals surface area contributed by atoms with E-state index in [0.29, 0.717) is 12.0 Å². The minimum Gasteiger partial charge on any atom is -0.299 e. The summed E-state index contributed by atoms with van der Waals surface area (Å²) in [4.78, 5) is 17.5. The predicted octanol–water partition coefficient (Wildman–Crippen LogP) is 0.560. The Morgan fingerprint density at radius 1 is 1.50 bits per heavy atom. The molecule has 4 nitrogen and oxygen atoms in total. The number of carbonyl (C=O) groups excluding carboxylic acids is 1. The van der Waals surface area contributed by atoms with Crippen molar-refractivity contribution in [3.8, 4) is 6.07 Å². The summed E-state index contributed by atoms with van der Waals surface area (Å²) in [5.74, 6) is 0. The molecule has 0 aliphatic rings.